The summed E-state index contributed by atoms with van der Waals surface area (Å²) in [7, 11) is 0. The lowest BCUT2D eigenvalue weighted by atomic mass is 10.3. The van der Waals surface area contributed by atoms with Crippen LogP contribution < -0.4 is 0 Å². The summed E-state index contributed by atoms with van der Waals surface area (Å²) in [5.41, 5.74) is 0.993. The maximum Gasteiger partial charge on any atom is 0.180 e. The molecule has 1 rings (SSSR count). The number of hydrogen-bond donors (Lipinski definition) is 0. The van der Waals surface area contributed by atoms with Crippen LogP contribution in [-0.2, 0) is 6.42 Å². The SMILES string of the molecule is C[CH-]Cc1cocn1. The molecule has 0 aliphatic carbocycles. The zero-order chi connectivity index (χ0) is 5.82. The zero-order valence-electron chi connectivity index (χ0n) is 4.79. The quantitative estimate of drug-likeness (QED) is 0.538. The standard InChI is InChI=1S/C6H8NO/c1-2-3-6-4-8-5-7-6/h2,4-5H,3H2,1H3/q-1. The van der Waals surface area contributed by atoms with Crippen LogP contribution in [0.3, 0.4) is 0 Å². The Kier molecular flexibility index (Phi) is 1.67. The Balaban J connectivity index is 2.50. The fourth-order valence-corrected chi connectivity index (χ4v) is 0.547. The average molecular weight is 110 g/mol. The van der Waals surface area contributed by atoms with Gasteiger partial charge in [-0.1, -0.05) is 0 Å². The first-order valence-corrected chi connectivity index (χ1v) is 2.58. The first-order valence-electron chi connectivity index (χ1n) is 2.58. The van der Waals surface area contributed by atoms with Gasteiger partial charge in [0.2, 0.25) is 0 Å². The molecule has 1 heterocycles. The fraction of sp³-hybridized carbons (Fsp3) is 0.333. The van der Waals surface area contributed by atoms with Gasteiger partial charge < -0.3 is 10.8 Å². The Morgan fingerprint density at radius 2 is 2.75 bits per heavy atom. The molecule has 0 N–H and O–H groups in total. The summed E-state index contributed by atoms with van der Waals surface area (Å²) < 4.78 is 4.74. The summed E-state index contributed by atoms with van der Waals surface area (Å²) in [5, 5.41) is 0. The molecule has 0 unspecified atom stereocenters. The van der Waals surface area contributed by atoms with E-state index in [-0.39, 0.29) is 0 Å². The van der Waals surface area contributed by atoms with Crippen molar-refractivity contribution in [1.82, 2.24) is 4.98 Å². The van der Waals surface area contributed by atoms with Crippen LogP contribution in [0.2, 0.25) is 0 Å². The third kappa shape index (κ3) is 1.09. The van der Waals surface area contributed by atoms with Crippen LogP contribution in [0, 0.1) is 6.42 Å². The van der Waals surface area contributed by atoms with E-state index in [0.717, 1.165) is 12.1 Å². The molecule has 0 saturated heterocycles. The molecule has 2 heteroatoms. The van der Waals surface area contributed by atoms with E-state index < -0.39 is 0 Å². The van der Waals surface area contributed by atoms with Crippen molar-refractivity contribution in [2.75, 3.05) is 0 Å². The molecule has 8 heavy (non-hydrogen) atoms. The van der Waals surface area contributed by atoms with Crippen molar-refractivity contribution in [1.29, 1.82) is 0 Å². The van der Waals surface area contributed by atoms with Crippen molar-refractivity contribution in [3.05, 3.63) is 24.8 Å². The average Bonchev–Trinajstić information content (AvgIpc) is 2.19. The molecule has 0 aliphatic rings. The van der Waals surface area contributed by atoms with Gasteiger partial charge in [0.15, 0.2) is 6.39 Å². The smallest absolute Gasteiger partial charge is 0.180 e. The third-order valence-corrected chi connectivity index (χ3v) is 0.897. The van der Waals surface area contributed by atoms with Gasteiger partial charge in [0, 0.05) is 5.69 Å². The van der Waals surface area contributed by atoms with Gasteiger partial charge in [-0.05, 0) is 0 Å². The van der Waals surface area contributed by atoms with Crippen molar-refractivity contribution in [3.63, 3.8) is 0 Å². The van der Waals surface area contributed by atoms with Crippen LogP contribution in [0.15, 0.2) is 17.1 Å². The van der Waals surface area contributed by atoms with Gasteiger partial charge in [-0.25, -0.2) is 4.98 Å². The van der Waals surface area contributed by atoms with Gasteiger partial charge in [0.25, 0.3) is 0 Å². The van der Waals surface area contributed by atoms with Gasteiger partial charge in [0.1, 0.15) is 6.26 Å². The molecule has 1 aromatic rings. The Morgan fingerprint density at radius 3 is 3.25 bits per heavy atom. The van der Waals surface area contributed by atoms with Gasteiger partial charge in [-0.15, -0.1) is 6.42 Å². The van der Waals surface area contributed by atoms with E-state index in [9.17, 15) is 0 Å². The molecule has 0 radical (unpaired) electrons. The highest BCUT2D eigenvalue weighted by molar-refractivity contribution is 4.94. The first kappa shape index (κ1) is 5.35. The molecular weight excluding hydrogens is 102 g/mol. The topological polar surface area (TPSA) is 26.0 Å². The maximum absolute atomic E-state index is 4.74. The van der Waals surface area contributed by atoms with Gasteiger partial charge >= 0.3 is 0 Å². The normalized spacial score (nSPS) is 9.62. The second-order valence-corrected chi connectivity index (χ2v) is 1.59. The molecule has 0 aliphatic heterocycles. The second-order valence-electron chi connectivity index (χ2n) is 1.59. The summed E-state index contributed by atoms with van der Waals surface area (Å²) in [6.45, 7) is 1.99. The van der Waals surface area contributed by atoms with E-state index in [1.165, 1.54) is 6.39 Å². The lowest BCUT2D eigenvalue weighted by Crippen LogP contribution is -1.79. The molecular formula is C6H8NO-. The molecule has 0 aromatic carbocycles. The minimum atomic E-state index is 0.899. The Hall–Kier alpha value is -0.790. The molecule has 2 nitrogen and oxygen atoms in total. The van der Waals surface area contributed by atoms with Gasteiger partial charge in [0.05, 0.1) is 0 Å². The van der Waals surface area contributed by atoms with Crippen molar-refractivity contribution in [2.45, 2.75) is 13.3 Å². The molecule has 0 atom stereocenters. The number of rotatable bonds is 2. The van der Waals surface area contributed by atoms with E-state index >= 15 is 0 Å². The lowest BCUT2D eigenvalue weighted by molar-refractivity contribution is 0.556. The monoisotopic (exact) mass is 110 g/mol. The minimum absolute atomic E-state index is 0.899. The summed E-state index contributed by atoms with van der Waals surface area (Å²) >= 11 is 0. The fourth-order valence-electron chi connectivity index (χ4n) is 0.547. The predicted octanol–water partition coefficient (Wildman–Crippen LogP) is 1.44. The van der Waals surface area contributed by atoms with Crippen LogP contribution in [0.25, 0.3) is 0 Å². The Morgan fingerprint density at radius 1 is 1.88 bits per heavy atom. The predicted molar refractivity (Wildman–Crippen MR) is 30.2 cm³/mol. The summed E-state index contributed by atoms with van der Waals surface area (Å²) in [4.78, 5) is 3.91. The number of aromatic nitrogens is 1. The number of nitrogens with zero attached hydrogens (tertiary/aromatic N) is 1. The van der Waals surface area contributed by atoms with Gasteiger partial charge in [-0.3, -0.25) is 0 Å². The molecule has 0 fully saturated rings. The lowest BCUT2D eigenvalue weighted by Gasteiger charge is -1.94. The Bertz CT molecular complexity index is 134. The first-order chi connectivity index (χ1) is 3.93. The molecule has 0 saturated carbocycles. The van der Waals surface area contributed by atoms with Crippen molar-refractivity contribution in [2.24, 2.45) is 0 Å². The highest BCUT2D eigenvalue weighted by Crippen LogP contribution is 1.96. The van der Waals surface area contributed by atoms with Gasteiger partial charge in [-0.2, -0.15) is 6.92 Å². The second kappa shape index (κ2) is 2.50. The maximum atomic E-state index is 4.74. The zero-order valence-corrected chi connectivity index (χ0v) is 4.79. The van der Waals surface area contributed by atoms with E-state index in [2.05, 4.69) is 4.98 Å². The van der Waals surface area contributed by atoms with Crippen molar-refractivity contribution in [3.8, 4) is 0 Å². The molecule has 0 spiro atoms. The van der Waals surface area contributed by atoms with Crippen molar-refractivity contribution >= 4 is 0 Å². The van der Waals surface area contributed by atoms with Crippen LogP contribution in [0.1, 0.15) is 12.6 Å². The number of hydrogen-bond acceptors (Lipinski definition) is 2. The largest absolute Gasteiger partial charge is 0.452 e. The summed E-state index contributed by atoms with van der Waals surface area (Å²) in [6.07, 6.45) is 6.03. The number of oxazole rings is 1. The van der Waals surface area contributed by atoms with Crippen LogP contribution in [-0.4, -0.2) is 4.98 Å². The Labute approximate surface area is 48.5 Å². The molecule has 0 bridgehead atoms. The van der Waals surface area contributed by atoms with E-state index in [1.807, 2.05) is 13.3 Å². The summed E-state index contributed by atoms with van der Waals surface area (Å²) in [6, 6.07) is 0. The van der Waals surface area contributed by atoms with E-state index in [1.54, 1.807) is 6.26 Å². The molecule has 1 aromatic heterocycles. The van der Waals surface area contributed by atoms with Crippen molar-refractivity contribution < 1.29 is 4.42 Å². The van der Waals surface area contributed by atoms with Crippen LogP contribution >= 0.6 is 0 Å². The highest BCUT2D eigenvalue weighted by Gasteiger charge is 1.83. The molecule has 44 valence electrons. The highest BCUT2D eigenvalue weighted by atomic mass is 16.3. The minimum Gasteiger partial charge on any atom is -0.452 e. The summed E-state index contributed by atoms with van der Waals surface area (Å²) in [5.74, 6) is 0. The third-order valence-electron chi connectivity index (χ3n) is 0.897. The van der Waals surface area contributed by atoms with Crippen LogP contribution in [0.5, 0.6) is 0 Å². The van der Waals surface area contributed by atoms with E-state index in [4.69, 9.17) is 4.42 Å². The van der Waals surface area contributed by atoms with E-state index in [0.29, 0.717) is 0 Å². The molecule has 0 amide bonds. The van der Waals surface area contributed by atoms with Crippen LogP contribution in [0.4, 0.5) is 0 Å².